The van der Waals surface area contributed by atoms with E-state index in [-0.39, 0.29) is 12.2 Å². The Morgan fingerprint density at radius 2 is 1.75 bits per heavy atom. The molecule has 10 heteroatoms. The van der Waals surface area contributed by atoms with E-state index in [1.807, 2.05) is 0 Å². The molecule has 134 valence electrons. The van der Waals surface area contributed by atoms with Gasteiger partial charge in [-0.15, -0.1) is 0 Å². The monoisotopic (exact) mass is 361 g/mol. The summed E-state index contributed by atoms with van der Waals surface area (Å²) in [6.07, 6.45) is -1.10. The Morgan fingerprint density at radius 3 is 2.21 bits per heavy atom. The molecule has 1 aromatic rings. The first kappa shape index (κ1) is 19.7. The summed E-state index contributed by atoms with van der Waals surface area (Å²) in [4.78, 5) is 23.6. The van der Waals surface area contributed by atoms with Crippen LogP contribution in [0.25, 0.3) is 0 Å². The number of rotatable bonds is 5. The molecule has 0 aliphatic carbocycles. The number of amides is 1. The van der Waals surface area contributed by atoms with Gasteiger partial charge in [-0.3, -0.25) is 4.55 Å². The highest BCUT2D eigenvalue weighted by Gasteiger charge is 2.28. The summed E-state index contributed by atoms with van der Waals surface area (Å²) >= 11 is 0. The van der Waals surface area contributed by atoms with E-state index in [0.717, 1.165) is 0 Å². The van der Waals surface area contributed by atoms with Crippen molar-refractivity contribution in [3.05, 3.63) is 29.8 Å². The second-order valence-electron chi connectivity index (χ2n) is 5.90. The van der Waals surface area contributed by atoms with Crippen molar-refractivity contribution in [1.82, 2.24) is 5.32 Å². The van der Waals surface area contributed by atoms with E-state index < -0.39 is 34.1 Å². The van der Waals surface area contributed by atoms with Gasteiger partial charge in [-0.25, -0.2) is 9.59 Å². The van der Waals surface area contributed by atoms with Crippen molar-refractivity contribution < 1.29 is 36.6 Å². The van der Waals surface area contributed by atoms with Crippen LogP contribution in [0.4, 0.5) is 4.79 Å². The lowest BCUT2D eigenvalue weighted by Gasteiger charge is -2.22. The minimum atomic E-state index is -5.02. The third-order valence-electron chi connectivity index (χ3n) is 2.54. The Bertz CT molecular complexity index is 690. The molecular formula is C14H19NO8S. The van der Waals surface area contributed by atoms with E-state index in [9.17, 15) is 23.1 Å². The number of hydrogen-bond acceptors (Lipinski definition) is 7. The Morgan fingerprint density at radius 1 is 1.21 bits per heavy atom. The highest BCUT2D eigenvalue weighted by Crippen LogP contribution is 2.13. The maximum Gasteiger partial charge on any atom is 0.449 e. The quantitative estimate of drug-likeness (QED) is 0.664. The lowest BCUT2D eigenvalue weighted by molar-refractivity contribution is -0.136. The number of benzene rings is 1. The second-order valence-corrected chi connectivity index (χ2v) is 6.92. The highest BCUT2D eigenvalue weighted by molar-refractivity contribution is 7.81. The lowest BCUT2D eigenvalue weighted by atomic mass is 10.1. The molecule has 1 atom stereocenters. The maximum absolute atomic E-state index is 11.9. The van der Waals surface area contributed by atoms with Crippen molar-refractivity contribution >= 4 is 22.5 Å². The van der Waals surface area contributed by atoms with E-state index in [1.165, 1.54) is 24.3 Å². The van der Waals surface area contributed by atoms with Gasteiger partial charge in [-0.1, -0.05) is 12.1 Å². The molecule has 1 aromatic carbocycles. The molecule has 9 nitrogen and oxygen atoms in total. The molecule has 0 radical (unpaired) electrons. The zero-order valence-corrected chi connectivity index (χ0v) is 14.2. The molecule has 1 rings (SSSR count). The molecule has 0 saturated carbocycles. The summed E-state index contributed by atoms with van der Waals surface area (Å²) in [6.45, 7) is 4.83. The Kier molecular flexibility index (Phi) is 6.16. The summed E-state index contributed by atoms with van der Waals surface area (Å²) in [5.41, 5.74) is -0.332. The number of hydrogen-bond donors (Lipinski definition) is 3. The molecule has 0 aliphatic heterocycles. The van der Waals surface area contributed by atoms with E-state index >= 15 is 0 Å². The number of nitrogens with one attached hydrogen (secondary N) is 1. The van der Waals surface area contributed by atoms with Crippen LogP contribution in [0, 0.1) is 0 Å². The second kappa shape index (κ2) is 7.49. The Hall–Kier alpha value is -2.33. The first-order chi connectivity index (χ1) is 10.9. The van der Waals surface area contributed by atoms with Crippen LogP contribution in [-0.4, -0.2) is 41.8 Å². The fraction of sp³-hybridized carbons (Fsp3) is 0.429. The van der Waals surface area contributed by atoms with E-state index in [0.29, 0.717) is 5.56 Å². The van der Waals surface area contributed by atoms with Gasteiger partial charge in [0, 0.05) is 6.42 Å². The molecule has 1 amide bonds. The van der Waals surface area contributed by atoms with Crippen LogP contribution in [-0.2, 0) is 30.5 Å². The van der Waals surface area contributed by atoms with Gasteiger partial charge in [0.25, 0.3) is 0 Å². The number of alkyl carbamates (subject to hydrolysis) is 1. The summed E-state index contributed by atoms with van der Waals surface area (Å²) in [6, 6.07) is 4.23. The minimum absolute atomic E-state index is 0.00378. The molecule has 0 bridgehead atoms. The van der Waals surface area contributed by atoms with Crippen molar-refractivity contribution in [2.45, 2.75) is 38.8 Å². The van der Waals surface area contributed by atoms with E-state index in [4.69, 9.17) is 9.29 Å². The number of aromatic hydroxyl groups is 1. The fourth-order valence-electron chi connectivity index (χ4n) is 1.67. The van der Waals surface area contributed by atoms with Crippen LogP contribution in [0.2, 0.25) is 0 Å². The first-order valence-corrected chi connectivity index (χ1v) is 8.20. The zero-order valence-electron chi connectivity index (χ0n) is 13.3. The van der Waals surface area contributed by atoms with Gasteiger partial charge in [0.1, 0.15) is 17.4 Å². The molecule has 0 fully saturated rings. The van der Waals surface area contributed by atoms with Gasteiger partial charge in [0.15, 0.2) is 0 Å². The Balaban J connectivity index is 2.91. The number of ether oxygens (including phenoxy) is 1. The molecule has 0 aliphatic rings. The highest BCUT2D eigenvalue weighted by atomic mass is 32.3. The third kappa shape index (κ3) is 7.79. The van der Waals surface area contributed by atoms with Gasteiger partial charge in [-0.05, 0) is 38.5 Å². The van der Waals surface area contributed by atoms with Crippen LogP contribution < -0.4 is 5.32 Å². The lowest BCUT2D eigenvalue weighted by Crippen LogP contribution is -2.46. The molecule has 0 aromatic heterocycles. The topological polar surface area (TPSA) is 139 Å². The molecular weight excluding hydrogens is 342 g/mol. The zero-order chi connectivity index (χ0) is 18.5. The third-order valence-corrected chi connectivity index (χ3v) is 2.91. The van der Waals surface area contributed by atoms with Crippen molar-refractivity contribution in [1.29, 1.82) is 0 Å². The van der Waals surface area contributed by atoms with Crippen molar-refractivity contribution in [2.75, 3.05) is 0 Å². The normalized spacial score (nSPS) is 13.0. The van der Waals surface area contributed by atoms with Crippen LogP contribution in [0.15, 0.2) is 24.3 Å². The van der Waals surface area contributed by atoms with Gasteiger partial charge in [0.2, 0.25) is 0 Å². The molecule has 0 unspecified atom stereocenters. The van der Waals surface area contributed by atoms with Gasteiger partial charge >= 0.3 is 22.5 Å². The van der Waals surface area contributed by atoms with Gasteiger partial charge < -0.3 is 19.3 Å². The van der Waals surface area contributed by atoms with Crippen molar-refractivity contribution in [3.63, 3.8) is 0 Å². The molecule has 3 N–H and O–H groups in total. The average Bonchev–Trinajstić information content (AvgIpc) is 2.36. The van der Waals surface area contributed by atoms with Gasteiger partial charge in [0.05, 0.1) is 0 Å². The first-order valence-electron chi connectivity index (χ1n) is 6.84. The molecule has 0 heterocycles. The smallest absolute Gasteiger partial charge is 0.449 e. The summed E-state index contributed by atoms with van der Waals surface area (Å²) in [5.74, 6) is -1.38. The number of phenols is 1. The predicted molar refractivity (Wildman–Crippen MR) is 82.6 cm³/mol. The molecule has 0 spiro atoms. The fourth-order valence-corrected chi connectivity index (χ4v) is 2.00. The number of carbonyl (C=O) groups excluding carboxylic acids is 2. The minimum Gasteiger partial charge on any atom is -0.508 e. The summed E-state index contributed by atoms with van der Waals surface area (Å²) in [5, 5.41) is 11.4. The number of carbonyl (C=O) groups is 2. The van der Waals surface area contributed by atoms with E-state index in [2.05, 4.69) is 9.50 Å². The van der Waals surface area contributed by atoms with Gasteiger partial charge in [-0.2, -0.15) is 8.42 Å². The van der Waals surface area contributed by atoms with Crippen LogP contribution in [0.1, 0.15) is 26.3 Å². The Labute approximate surface area is 139 Å². The summed E-state index contributed by atoms with van der Waals surface area (Å²) < 4.78 is 38.9. The standard InChI is InChI=1S/C14H19NO8S/c1-14(2,3)22-13(18)15-11(12(17)23-24(19,20)21)8-9-4-6-10(16)7-5-9/h4-7,11,16H,8H2,1-3H3,(H,15,18)(H,19,20,21)/t11-/m0/s1. The molecule has 24 heavy (non-hydrogen) atoms. The average molecular weight is 361 g/mol. The predicted octanol–water partition coefficient (Wildman–Crippen LogP) is 1.17. The molecule has 0 saturated heterocycles. The SMILES string of the molecule is CC(C)(C)OC(=O)N[C@@H](Cc1ccc(O)cc1)C(=O)OS(=O)(=O)O. The van der Waals surface area contributed by atoms with Crippen LogP contribution >= 0.6 is 0 Å². The largest absolute Gasteiger partial charge is 0.508 e. The maximum atomic E-state index is 11.9. The van der Waals surface area contributed by atoms with E-state index in [1.54, 1.807) is 20.8 Å². The number of phenolic OH excluding ortho intramolecular Hbond substituents is 1. The van der Waals surface area contributed by atoms with Crippen LogP contribution in [0.5, 0.6) is 5.75 Å². The van der Waals surface area contributed by atoms with Crippen LogP contribution in [0.3, 0.4) is 0 Å². The van der Waals surface area contributed by atoms with Crippen molar-refractivity contribution in [3.8, 4) is 5.75 Å². The van der Waals surface area contributed by atoms with Crippen molar-refractivity contribution in [2.24, 2.45) is 0 Å². The summed E-state index contributed by atoms with van der Waals surface area (Å²) in [7, 11) is -5.02.